The van der Waals surface area contributed by atoms with Crippen molar-refractivity contribution in [2.24, 2.45) is 5.92 Å². The van der Waals surface area contributed by atoms with Crippen LogP contribution in [-0.4, -0.2) is 33.1 Å². The zero-order valence-electron chi connectivity index (χ0n) is 10.4. The topological polar surface area (TPSA) is 92.7 Å². The van der Waals surface area contributed by atoms with E-state index in [1.807, 2.05) is 0 Å². The number of rotatable bonds is 6. The molecule has 0 aliphatic rings. The predicted octanol–water partition coefficient (Wildman–Crippen LogP) is 1.46. The quantitative estimate of drug-likeness (QED) is 0.809. The lowest BCUT2D eigenvalue weighted by Gasteiger charge is -2.12. The fourth-order valence-electron chi connectivity index (χ4n) is 1.26. The minimum absolute atomic E-state index is 0.0398. The number of ether oxygens (including phenoxy) is 1. The molecule has 0 fully saturated rings. The third kappa shape index (κ3) is 4.19. The number of halogens is 1. The fraction of sp³-hybridized carbons (Fsp3) is 0.364. The van der Waals surface area contributed by atoms with E-state index < -0.39 is 21.9 Å². The first-order valence-corrected chi connectivity index (χ1v) is 7.61. The fourth-order valence-corrected chi connectivity index (χ4v) is 3.10. The van der Waals surface area contributed by atoms with Crippen LogP contribution >= 0.6 is 15.9 Å². The van der Waals surface area contributed by atoms with Gasteiger partial charge in [-0.3, -0.25) is 4.79 Å². The van der Waals surface area contributed by atoms with E-state index in [0.29, 0.717) is 4.47 Å². The number of nitrogens with one attached hydrogen (secondary N) is 1. The van der Waals surface area contributed by atoms with Gasteiger partial charge in [-0.15, -0.1) is 0 Å². The Morgan fingerprint density at radius 2 is 2.16 bits per heavy atom. The zero-order valence-corrected chi connectivity index (χ0v) is 12.8. The smallest absolute Gasteiger partial charge is 0.307 e. The highest BCUT2D eigenvalue weighted by molar-refractivity contribution is 9.10. The van der Waals surface area contributed by atoms with Crippen LogP contribution in [-0.2, 0) is 14.8 Å². The Labute approximate surface area is 120 Å². The van der Waals surface area contributed by atoms with E-state index in [9.17, 15) is 13.2 Å². The van der Waals surface area contributed by atoms with Crippen LogP contribution in [0.5, 0.6) is 5.75 Å². The number of carbonyl (C=O) groups is 1. The van der Waals surface area contributed by atoms with Gasteiger partial charge in [0.25, 0.3) is 0 Å². The third-order valence-electron chi connectivity index (χ3n) is 2.42. The standard InChI is InChI=1S/C11H14BrNO5S/c1-7(11(14)15)6-13-19(16,17)10-5-8(12)3-4-9(10)18-2/h3-5,7,13H,6H2,1-2H3,(H,14,15). The van der Waals surface area contributed by atoms with Crippen LogP contribution in [0.3, 0.4) is 0 Å². The summed E-state index contributed by atoms with van der Waals surface area (Å²) in [4.78, 5) is 10.6. The van der Waals surface area contributed by atoms with Gasteiger partial charge >= 0.3 is 5.97 Å². The second kappa shape index (κ2) is 6.36. The largest absolute Gasteiger partial charge is 0.495 e. The molecule has 1 aromatic rings. The minimum atomic E-state index is -3.82. The lowest BCUT2D eigenvalue weighted by Crippen LogP contribution is -2.31. The molecule has 0 saturated heterocycles. The molecule has 0 aromatic heterocycles. The second-order valence-electron chi connectivity index (χ2n) is 3.89. The number of sulfonamides is 1. The molecule has 0 bridgehead atoms. The Morgan fingerprint density at radius 3 is 2.68 bits per heavy atom. The van der Waals surface area contributed by atoms with Crippen LogP contribution in [0, 0.1) is 5.92 Å². The van der Waals surface area contributed by atoms with Crippen molar-refractivity contribution in [2.75, 3.05) is 13.7 Å². The van der Waals surface area contributed by atoms with Crippen molar-refractivity contribution in [1.29, 1.82) is 0 Å². The van der Waals surface area contributed by atoms with Gasteiger partial charge in [-0.25, -0.2) is 13.1 Å². The summed E-state index contributed by atoms with van der Waals surface area (Å²) < 4.78 is 32.0. The molecule has 0 aliphatic carbocycles. The van der Waals surface area contributed by atoms with Crippen molar-refractivity contribution < 1.29 is 23.1 Å². The van der Waals surface area contributed by atoms with Gasteiger partial charge in [0.1, 0.15) is 10.6 Å². The maximum absolute atomic E-state index is 12.1. The third-order valence-corrected chi connectivity index (χ3v) is 4.35. The predicted molar refractivity (Wildman–Crippen MR) is 72.7 cm³/mol. The molecule has 6 nitrogen and oxygen atoms in total. The lowest BCUT2D eigenvalue weighted by molar-refractivity contribution is -0.140. The number of benzene rings is 1. The minimum Gasteiger partial charge on any atom is -0.495 e. The van der Waals surface area contributed by atoms with E-state index in [1.165, 1.54) is 26.2 Å². The number of carboxylic acids is 1. The maximum Gasteiger partial charge on any atom is 0.307 e. The molecule has 1 atom stereocenters. The summed E-state index contributed by atoms with van der Waals surface area (Å²) in [5.41, 5.74) is 0. The average Bonchev–Trinajstić information content (AvgIpc) is 2.35. The molecule has 1 unspecified atom stereocenters. The maximum atomic E-state index is 12.1. The van der Waals surface area contributed by atoms with E-state index in [1.54, 1.807) is 6.07 Å². The van der Waals surface area contributed by atoms with Crippen LogP contribution in [0.25, 0.3) is 0 Å². The normalized spacial score (nSPS) is 13.0. The molecule has 0 aliphatic heterocycles. The second-order valence-corrected chi connectivity index (χ2v) is 6.54. The molecule has 1 aromatic carbocycles. The molecule has 106 valence electrons. The van der Waals surface area contributed by atoms with Crippen LogP contribution in [0.15, 0.2) is 27.6 Å². The van der Waals surface area contributed by atoms with Gasteiger partial charge in [0.05, 0.1) is 13.0 Å². The molecule has 19 heavy (non-hydrogen) atoms. The van der Waals surface area contributed by atoms with Crippen molar-refractivity contribution >= 4 is 31.9 Å². The SMILES string of the molecule is COc1ccc(Br)cc1S(=O)(=O)NCC(C)C(=O)O. The molecular weight excluding hydrogens is 338 g/mol. The molecule has 1 rings (SSSR count). The zero-order chi connectivity index (χ0) is 14.6. The lowest BCUT2D eigenvalue weighted by atomic mass is 10.2. The van der Waals surface area contributed by atoms with E-state index >= 15 is 0 Å². The molecule has 0 spiro atoms. The highest BCUT2D eigenvalue weighted by atomic mass is 79.9. The summed E-state index contributed by atoms with van der Waals surface area (Å²) in [6.07, 6.45) is 0. The Bertz CT molecular complexity index is 572. The average molecular weight is 352 g/mol. The first-order valence-electron chi connectivity index (χ1n) is 5.34. The highest BCUT2D eigenvalue weighted by Crippen LogP contribution is 2.27. The number of aliphatic carboxylic acids is 1. The van der Waals surface area contributed by atoms with Gasteiger partial charge in [-0.05, 0) is 18.2 Å². The number of carboxylic acid groups (broad SMARTS) is 1. The van der Waals surface area contributed by atoms with Gasteiger partial charge in [0.2, 0.25) is 10.0 Å². The molecule has 2 N–H and O–H groups in total. The summed E-state index contributed by atoms with van der Waals surface area (Å²) in [6, 6.07) is 4.56. The van der Waals surface area contributed by atoms with Gasteiger partial charge < -0.3 is 9.84 Å². The molecule has 0 saturated carbocycles. The van der Waals surface area contributed by atoms with Gasteiger partial charge in [0, 0.05) is 11.0 Å². The summed E-state index contributed by atoms with van der Waals surface area (Å²) in [7, 11) is -2.46. The van der Waals surface area contributed by atoms with Gasteiger partial charge in [-0.1, -0.05) is 22.9 Å². The van der Waals surface area contributed by atoms with Crippen molar-refractivity contribution in [3.63, 3.8) is 0 Å². The first kappa shape index (κ1) is 15.9. The Morgan fingerprint density at radius 1 is 1.53 bits per heavy atom. The monoisotopic (exact) mass is 351 g/mol. The molecular formula is C11H14BrNO5S. The van der Waals surface area contributed by atoms with E-state index in [-0.39, 0.29) is 17.2 Å². The molecule has 0 heterocycles. The van der Waals surface area contributed by atoms with Crippen LogP contribution in [0.2, 0.25) is 0 Å². The summed E-state index contributed by atoms with van der Waals surface area (Å²) >= 11 is 3.18. The first-order chi connectivity index (χ1) is 8.77. The number of hydrogen-bond donors (Lipinski definition) is 2. The molecule has 8 heteroatoms. The molecule has 0 amide bonds. The highest BCUT2D eigenvalue weighted by Gasteiger charge is 2.22. The van der Waals surface area contributed by atoms with E-state index in [4.69, 9.17) is 9.84 Å². The summed E-state index contributed by atoms with van der Waals surface area (Å²) in [6.45, 7) is 1.23. The Balaban J connectivity index is 3.00. The number of methoxy groups -OCH3 is 1. The molecule has 0 radical (unpaired) electrons. The Hall–Kier alpha value is -1.12. The number of hydrogen-bond acceptors (Lipinski definition) is 4. The Kier molecular flexibility index (Phi) is 5.33. The van der Waals surface area contributed by atoms with Gasteiger partial charge in [-0.2, -0.15) is 0 Å². The van der Waals surface area contributed by atoms with Crippen molar-refractivity contribution in [2.45, 2.75) is 11.8 Å². The summed E-state index contributed by atoms with van der Waals surface area (Å²) in [5.74, 6) is -1.68. The van der Waals surface area contributed by atoms with E-state index in [0.717, 1.165) is 0 Å². The van der Waals surface area contributed by atoms with Crippen molar-refractivity contribution in [3.05, 3.63) is 22.7 Å². The van der Waals surface area contributed by atoms with E-state index in [2.05, 4.69) is 20.7 Å². The van der Waals surface area contributed by atoms with Crippen molar-refractivity contribution in [1.82, 2.24) is 4.72 Å². The van der Waals surface area contributed by atoms with Crippen LogP contribution in [0.1, 0.15) is 6.92 Å². The van der Waals surface area contributed by atoms with Crippen LogP contribution < -0.4 is 9.46 Å². The summed E-state index contributed by atoms with van der Waals surface area (Å²) in [5, 5.41) is 8.73. The van der Waals surface area contributed by atoms with Crippen molar-refractivity contribution in [3.8, 4) is 5.75 Å². The van der Waals surface area contributed by atoms with Gasteiger partial charge in [0.15, 0.2) is 0 Å². The van der Waals surface area contributed by atoms with Crippen LogP contribution in [0.4, 0.5) is 0 Å².